The van der Waals surface area contributed by atoms with Crippen molar-refractivity contribution in [3.8, 4) is 22.7 Å². The normalized spacial score (nSPS) is 14.5. The Morgan fingerprint density at radius 1 is 0.525 bits per heavy atom. The predicted octanol–water partition coefficient (Wildman–Crippen LogP) is 8.12. The minimum Gasteiger partial charge on any atom is -0.294 e. The zero-order chi connectivity index (χ0) is 41.2. The standard InChI is InChI=1S/C55H46B2N4/c1-54(2,3)37-34-44-50-45(35-37)57(39-24-12-7-13-25-39)51-53-60(47-33-21-19-31-43(47)55(51,4)5)49-42-30-18-20-32-46(42)58(40-26-14-8-15-27-40)52(49)59(41-28-16-9-17-29-41)48(61(50)53)36-56(44)38-22-10-6-11-23-38/h6-36H,1-5H3. The molecule has 2 aromatic heterocycles. The van der Waals surface area contributed by atoms with Gasteiger partial charge in [-0.05, 0) is 69.3 Å². The highest BCUT2D eigenvalue weighted by Gasteiger charge is 2.47. The van der Waals surface area contributed by atoms with Crippen LogP contribution in [0, 0.1) is 0 Å². The average Bonchev–Trinajstić information content (AvgIpc) is 3.55. The summed E-state index contributed by atoms with van der Waals surface area (Å²) in [5, 5.41) is 1.20. The Bertz CT molecular complexity index is 3420. The molecule has 9 aromatic rings. The van der Waals surface area contributed by atoms with Gasteiger partial charge in [-0.15, -0.1) is 0 Å². The minimum absolute atomic E-state index is 0.0123. The van der Waals surface area contributed by atoms with Crippen molar-refractivity contribution in [2.24, 2.45) is 0 Å². The molecule has 0 atom stereocenters. The highest BCUT2D eigenvalue weighted by atomic mass is 15.3. The van der Waals surface area contributed by atoms with Gasteiger partial charge in [0, 0.05) is 27.9 Å². The molecule has 0 amide bonds. The zero-order valence-electron chi connectivity index (χ0n) is 35.3. The van der Waals surface area contributed by atoms with Gasteiger partial charge in [-0.3, -0.25) is 18.3 Å². The third-order valence-electron chi connectivity index (χ3n) is 13.7. The number of rotatable bonds is 4. The summed E-state index contributed by atoms with van der Waals surface area (Å²) >= 11 is 0. The van der Waals surface area contributed by atoms with E-state index in [1.807, 2.05) is 0 Å². The Balaban J connectivity index is 1.47. The van der Waals surface area contributed by atoms with Gasteiger partial charge in [-0.2, -0.15) is 0 Å². The Morgan fingerprint density at radius 2 is 1.08 bits per heavy atom. The molecule has 12 rings (SSSR count). The van der Waals surface area contributed by atoms with Gasteiger partial charge in [0.25, 0.3) is 0 Å². The lowest BCUT2D eigenvalue weighted by atomic mass is 9.29. The van der Waals surface area contributed by atoms with E-state index in [1.165, 1.54) is 71.7 Å². The van der Waals surface area contributed by atoms with Crippen molar-refractivity contribution in [3.63, 3.8) is 0 Å². The third kappa shape index (κ3) is 5.08. The Labute approximate surface area is 357 Å². The van der Waals surface area contributed by atoms with Gasteiger partial charge >= 0.3 is 0 Å². The zero-order valence-corrected chi connectivity index (χ0v) is 35.3. The van der Waals surface area contributed by atoms with Crippen LogP contribution in [-0.2, 0) is 10.8 Å². The number of hydrogen-bond acceptors (Lipinski definition) is 0. The van der Waals surface area contributed by atoms with Gasteiger partial charge in [0.2, 0.25) is 13.4 Å². The maximum absolute atomic E-state index is 2.68. The fraction of sp³-hybridized carbons (Fsp3) is 0.127. The van der Waals surface area contributed by atoms with E-state index in [1.54, 1.807) is 0 Å². The van der Waals surface area contributed by atoms with E-state index < -0.39 is 0 Å². The van der Waals surface area contributed by atoms with Crippen molar-refractivity contribution in [2.45, 2.75) is 45.4 Å². The topological polar surface area (TPSA) is 19.7 Å². The van der Waals surface area contributed by atoms with E-state index in [-0.39, 0.29) is 24.3 Å². The number of benzene rings is 7. The van der Waals surface area contributed by atoms with E-state index in [4.69, 9.17) is 0 Å². The van der Waals surface area contributed by atoms with Gasteiger partial charge in [-0.25, -0.2) is 0 Å². The summed E-state index contributed by atoms with van der Waals surface area (Å²) in [5.74, 6) is 2.57. The molecule has 7 aromatic carbocycles. The van der Waals surface area contributed by atoms with Crippen LogP contribution in [0.1, 0.15) is 45.7 Å². The number of hydrogen-bond donors (Lipinski definition) is 0. The molecule has 0 aliphatic carbocycles. The maximum atomic E-state index is 2.68. The van der Waals surface area contributed by atoms with E-state index >= 15 is 0 Å². The van der Waals surface area contributed by atoms with E-state index in [0.29, 0.717) is 0 Å². The van der Waals surface area contributed by atoms with Gasteiger partial charge in [0.1, 0.15) is 16.6 Å². The first-order valence-corrected chi connectivity index (χ1v) is 21.7. The molecule has 3 aliphatic heterocycles. The second-order valence-corrected chi connectivity index (χ2v) is 18.6. The van der Waals surface area contributed by atoms with Crippen molar-refractivity contribution in [1.82, 2.24) is 18.3 Å². The lowest BCUT2D eigenvalue weighted by Crippen LogP contribution is -2.65. The number of fused-ring (bicyclic) bond motifs is 6. The van der Waals surface area contributed by atoms with Crippen LogP contribution in [-0.4, -0.2) is 31.7 Å². The van der Waals surface area contributed by atoms with Crippen molar-refractivity contribution >= 4 is 68.8 Å². The highest BCUT2D eigenvalue weighted by Crippen LogP contribution is 2.43. The largest absolute Gasteiger partial charge is 0.294 e. The van der Waals surface area contributed by atoms with Crippen molar-refractivity contribution in [3.05, 3.63) is 204 Å². The maximum Gasteiger partial charge on any atom is 0.245 e. The molecule has 0 spiro atoms. The fourth-order valence-electron chi connectivity index (χ4n) is 10.9. The monoisotopic (exact) mass is 784 g/mol. The first-order chi connectivity index (χ1) is 29.7. The van der Waals surface area contributed by atoms with Crippen molar-refractivity contribution in [1.29, 1.82) is 0 Å². The van der Waals surface area contributed by atoms with Crippen LogP contribution < -0.4 is 32.8 Å². The Hall–Kier alpha value is -6.91. The van der Waals surface area contributed by atoms with E-state index in [2.05, 4.69) is 241 Å². The highest BCUT2D eigenvalue weighted by molar-refractivity contribution is 7.01. The summed E-state index contributed by atoms with van der Waals surface area (Å²) in [5.41, 5.74) is 19.5. The molecule has 0 saturated carbocycles. The fourth-order valence-corrected chi connectivity index (χ4v) is 10.9. The summed E-state index contributed by atoms with van der Waals surface area (Å²) in [4.78, 5) is 0. The molecule has 0 fully saturated rings. The van der Waals surface area contributed by atoms with Gasteiger partial charge in [-0.1, -0.05) is 197 Å². The van der Waals surface area contributed by atoms with Gasteiger partial charge in [0.15, 0.2) is 0 Å². The van der Waals surface area contributed by atoms with Crippen LogP contribution in [0.3, 0.4) is 0 Å². The Kier molecular flexibility index (Phi) is 7.69. The summed E-state index contributed by atoms with van der Waals surface area (Å²) < 4.78 is 10.4. The van der Waals surface area contributed by atoms with Crippen LogP contribution in [0.2, 0.25) is 0 Å². The molecule has 0 unspecified atom stereocenters. The lowest BCUT2D eigenvalue weighted by Gasteiger charge is -2.43. The second kappa shape index (κ2) is 13.0. The molecule has 4 nitrogen and oxygen atoms in total. The molecular weight excluding hydrogens is 738 g/mol. The third-order valence-corrected chi connectivity index (χ3v) is 13.7. The predicted molar refractivity (Wildman–Crippen MR) is 258 cm³/mol. The molecule has 61 heavy (non-hydrogen) atoms. The van der Waals surface area contributed by atoms with Crippen LogP contribution in [0.4, 0.5) is 0 Å². The summed E-state index contributed by atoms with van der Waals surface area (Å²) in [6.45, 7) is 12.0. The quantitative estimate of drug-likeness (QED) is 0.161. The first-order valence-electron chi connectivity index (χ1n) is 21.7. The average molecular weight is 785 g/mol. The van der Waals surface area contributed by atoms with Crippen LogP contribution in [0.5, 0.6) is 0 Å². The molecule has 6 heteroatoms. The van der Waals surface area contributed by atoms with Crippen LogP contribution >= 0.6 is 0 Å². The molecule has 0 saturated heterocycles. The Morgan fingerprint density at radius 3 is 1.75 bits per heavy atom. The smallest absolute Gasteiger partial charge is 0.245 e. The number of para-hydroxylation sites is 4. The molecular formula is C55H46B2N4. The molecule has 292 valence electrons. The van der Waals surface area contributed by atoms with E-state index in [0.717, 1.165) is 22.5 Å². The van der Waals surface area contributed by atoms with Crippen molar-refractivity contribution in [2.75, 3.05) is 0 Å². The van der Waals surface area contributed by atoms with E-state index in [9.17, 15) is 0 Å². The molecule has 3 aliphatic rings. The summed E-state index contributed by atoms with van der Waals surface area (Å²) in [6.07, 6.45) is 0. The van der Waals surface area contributed by atoms with Gasteiger partial charge < -0.3 is 0 Å². The molecule has 5 heterocycles. The summed E-state index contributed by atoms with van der Waals surface area (Å²) in [6, 6.07) is 67.8. The molecule has 0 radical (unpaired) electrons. The minimum atomic E-state index is -0.347. The van der Waals surface area contributed by atoms with Crippen LogP contribution in [0.25, 0.3) is 56.3 Å². The van der Waals surface area contributed by atoms with Gasteiger partial charge in [0.05, 0.1) is 16.7 Å². The first kappa shape index (κ1) is 36.0. The molecule has 0 N–H and O–H groups in total. The SMILES string of the molecule is CC(C)(C)c1cc2c3c(c1)B(c1ccccc1)C1=c4n-3c(n(-c3ccccc3)c3c(c5ccccc5n3-c3ccccc3)n4-c3ccccc3C1(C)C)=CB2c1ccccc1. The lowest BCUT2D eigenvalue weighted by molar-refractivity contribution is 0.591. The number of aromatic nitrogens is 4. The summed E-state index contributed by atoms with van der Waals surface area (Å²) in [7, 11) is 0. The van der Waals surface area contributed by atoms with Crippen LogP contribution in [0.15, 0.2) is 182 Å². The van der Waals surface area contributed by atoms with Crippen molar-refractivity contribution < 1.29 is 0 Å². The second-order valence-electron chi connectivity index (χ2n) is 18.6. The molecule has 0 bridgehead atoms. The number of nitrogens with zero attached hydrogens (tertiary/aromatic N) is 4.